The van der Waals surface area contributed by atoms with Crippen LogP contribution in [0.15, 0.2) is 24.3 Å². The first-order valence-electron chi connectivity index (χ1n) is 6.00. The molecule has 0 aromatic heterocycles. The lowest BCUT2D eigenvalue weighted by molar-refractivity contribution is -0.113. The van der Waals surface area contributed by atoms with Crippen LogP contribution in [-0.4, -0.2) is 24.9 Å². The zero-order chi connectivity index (χ0) is 12.1. The second-order valence-electron chi connectivity index (χ2n) is 4.28. The molecule has 1 N–H and O–H groups in total. The number of alkyl halides is 1. The normalized spacial score (nSPS) is 14.8. The molecule has 0 unspecified atom stereocenters. The Hall–Kier alpha value is -0.930. The fourth-order valence-corrected chi connectivity index (χ4v) is 2.17. The van der Waals surface area contributed by atoms with Gasteiger partial charge in [0.1, 0.15) is 5.88 Å². The molecule has 0 atom stereocenters. The highest BCUT2D eigenvalue weighted by Crippen LogP contribution is 2.21. The second kappa shape index (κ2) is 7.49. The van der Waals surface area contributed by atoms with Gasteiger partial charge in [-0.05, 0) is 43.5 Å². The molecule has 1 fully saturated rings. The van der Waals surface area contributed by atoms with Crippen molar-refractivity contribution >= 4 is 41.3 Å². The number of hydrogen-bond acceptors (Lipinski definition) is 2. The van der Waals surface area contributed by atoms with Gasteiger partial charge < -0.3 is 10.2 Å². The van der Waals surface area contributed by atoms with Gasteiger partial charge in [0.2, 0.25) is 5.91 Å². The number of hydrogen-bond donors (Lipinski definition) is 1. The molecule has 0 radical (unpaired) electrons. The van der Waals surface area contributed by atoms with E-state index in [1.54, 1.807) is 0 Å². The summed E-state index contributed by atoms with van der Waals surface area (Å²) in [5.41, 5.74) is 2.03. The first-order valence-corrected chi connectivity index (χ1v) is 6.54. The lowest BCUT2D eigenvalue weighted by atomic mass is 10.1. The molecule has 100 valence electrons. The monoisotopic (exact) mass is 288 g/mol. The molecule has 1 aliphatic heterocycles. The van der Waals surface area contributed by atoms with Crippen molar-refractivity contribution in [1.82, 2.24) is 0 Å². The Morgan fingerprint density at radius 1 is 1.17 bits per heavy atom. The van der Waals surface area contributed by atoms with E-state index in [-0.39, 0.29) is 24.2 Å². The Bertz CT molecular complexity index is 375. The van der Waals surface area contributed by atoms with Gasteiger partial charge in [-0.2, -0.15) is 0 Å². The minimum Gasteiger partial charge on any atom is -0.372 e. The summed E-state index contributed by atoms with van der Waals surface area (Å²) < 4.78 is 0. The number of nitrogens with zero attached hydrogens (tertiary/aromatic N) is 1. The first-order chi connectivity index (χ1) is 8.29. The summed E-state index contributed by atoms with van der Waals surface area (Å²) in [5.74, 6) is -0.175. The van der Waals surface area contributed by atoms with Gasteiger partial charge in [0.05, 0.1) is 0 Å². The second-order valence-corrected chi connectivity index (χ2v) is 4.54. The maximum Gasteiger partial charge on any atom is 0.239 e. The summed E-state index contributed by atoms with van der Waals surface area (Å²) in [6.07, 6.45) is 3.87. The van der Waals surface area contributed by atoms with Crippen molar-refractivity contribution in [1.29, 1.82) is 0 Å². The van der Waals surface area contributed by atoms with Crippen LogP contribution >= 0.6 is 24.0 Å². The standard InChI is InChI=1S/C13H17ClN2O.ClH/c14-10-13(17)15-11-4-6-12(7-5-11)16-8-2-1-3-9-16;/h4-7H,1-3,8-10H2,(H,15,17);1H. The number of benzene rings is 1. The van der Waals surface area contributed by atoms with E-state index in [0.29, 0.717) is 0 Å². The minimum atomic E-state index is -0.169. The molecule has 1 aromatic rings. The first kappa shape index (κ1) is 15.1. The lowest BCUT2D eigenvalue weighted by Gasteiger charge is -2.28. The summed E-state index contributed by atoms with van der Waals surface area (Å²) in [7, 11) is 0. The number of amides is 1. The van der Waals surface area contributed by atoms with Crippen molar-refractivity contribution in [2.45, 2.75) is 19.3 Å². The van der Waals surface area contributed by atoms with Crippen LogP contribution in [0.25, 0.3) is 0 Å². The molecule has 18 heavy (non-hydrogen) atoms. The molecular formula is C13H18Cl2N2O. The fraction of sp³-hybridized carbons (Fsp3) is 0.462. The Labute approximate surface area is 119 Å². The predicted molar refractivity (Wildman–Crippen MR) is 79.1 cm³/mol. The van der Waals surface area contributed by atoms with Crippen molar-refractivity contribution in [3.05, 3.63) is 24.3 Å². The zero-order valence-electron chi connectivity index (χ0n) is 10.2. The molecule has 2 rings (SSSR count). The van der Waals surface area contributed by atoms with Gasteiger partial charge in [0, 0.05) is 24.5 Å². The average Bonchev–Trinajstić information content (AvgIpc) is 2.40. The molecule has 1 heterocycles. The largest absolute Gasteiger partial charge is 0.372 e. The number of nitrogens with one attached hydrogen (secondary N) is 1. The Balaban J connectivity index is 0.00000162. The smallest absolute Gasteiger partial charge is 0.239 e. The van der Waals surface area contributed by atoms with Crippen LogP contribution in [0.1, 0.15) is 19.3 Å². The topological polar surface area (TPSA) is 32.3 Å². The molecule has 0 spiro atoms. The van der Waals surface area contributed by atoms with E-state index in [9.17, 15) is 4.79 Å². The van der Waals surface area contributed by atoms with Crippen LogP contribution in [0.4, 0.5) is 11.4 Å². The van der Waals surface area contributed by atoms with Crippen LogP contribution in [0.2, 0.25) is 0 Å². The Morgan fingerprint density at radius 2 is 1.78 bits per heavy atom. The summed E-state index contributed by atoms with van der Waals surface area (Å²) >= 11 is 5.43. The quantitative estimate of drug-likeness (QED) is 0.866. The van der Waals surface area contributed by atoms with Crippen molar-refractivity contribution in [3.8, 4) is 0 Å². The van der Waals surface area contributed by atoms with Crippen LogP contribution in [0.5, 0.6) is 0 Å². The molecule has 1 aliphatic rings. The lowest BCUT2D eigenvalue weighted by Crippen LogP contribution is -2.29. The third-order valence-corrected chi connectivity index (χ3v) is 3.24. The van der Waals surface area contributed by atoms with E-state index in [1.165, 1.54) is 24.9 Å². The molecule has 0 aliphatic carbocycles. The summed E-state index contributed by atoms with van der Waals surface area (Å²) in [5, 5.41) is 2.73. The highest BCUT2D eigenvalue weighted by atomic mass is 35.5. The van der Waals surface area contributed by atoms with Crippen LogP contribution in [0, 0.1) is 0 Å². The van der Waals surface area contributed by atoms with Gasteiger partial charge in [-0.1, -0.05) is 0 Å². The van der Waals surface area contributed by atoms with E-state index in [2.05, 4.69) is 22.3 Å². The van der Waals surface area contributed by atoms with Crippen molar-refractivity contribution in [2.75, 3.05) is 29.2 Å². The average molecular weight is 289 g/mol. The van der Waals surface area contributed by atoms with Crippen molar-refractivity contribution in [2.24, 2.45) is 0 Å². The van der Waals surface area contributed by atoms with Crippen molar-refractivity contribution < 1.29 is 4.79 Å². The van der Waals surface area contributed by atoms with E-state index in [0.717, 1.165) is 18.8 Å². The fourth-order valence-electron chi connectivity index (χ4n) is 2.10. The highest BCUT2D eigenvalue weighted by Gasteiger charge is 2.10. The number of carbonyl (C=O) groups is 1. The summed E-state index contributed by atoms with van der Waals surface area (Å²) in [6.45, 7) is 2.26. The van der Waals surface area contributed by atoms with Crippen molar-refractivity contribution in [3.63, 3.8) is 0 Å². The molecule has 3 nitrogen and oxygen atoms in total. The molecule has 0 bridgehead atoms. The molecule has 5 heteroatoms. The van der Waals surface area contributed by atoms with E-state index in [4.69, 9.17) is 11.6 Å². The number of piperidine rings is 1. The van der Waals surface area contributed by atoms with E-state index >= 15 is 0 Å². The van der Waals surface area contributed by atoms with Gasteiger partial charge in [-0.15, -0.1) is 24.0 Å². The molecule has 1 aromatic carbocycles. The van der Waals surface area contributed by atoms with Gasteiger partial charge in [-0.25, -0.2) is 0 Å². The predicted octanol–water partition coefficient (Wildman–Crippen LogP) is 3.28. The Morgan fingerprint density at radius 3 is 2.33 bits per heavy atom. The Kier molecular flexibility index (Phi) is 6.30. The number of halogens is 2. The molecular weight excluding hydrogens is 271 g/mol. The van der Waals surface area contributed by atoms with Gasteiger partial charge in [-0.3, -0.25) is 4.79 Å². The van der Waals surface area contributed by atoms with Crippen LogP contribution < -0.4 is 10.2 Å². The summed E-state index contributed by atoms with van der Waals surface area (Å²) in [6, 6.07) is 7.95. The van der Waals surface area contributed by atoms with E-state index < -0.39 is 0 Å². The minimum absolute atomic E-state index is 0. The molecule has 1 saturated heterocycles. The van der Waals surface area contributed by atoms with Crippen LogP contribution in [0.3, 0.4) is 0 Å². The van der Waals surface area contributed by atoms with Crippen LogP contribution in [-0.2, 0) is 4.79 Å². The summed E-state index contributed by atoms with van der Waals surface area (Å²) in [4.78, 5) is 13.5. The molecule has 1 amide bonds. The molecule has 0 saturated carbocycles. The number of rotatable bonds is 3. The maximum atomic E-state index is 11.1. The van der Waals surface area contributed by atoms with E-state index in [1.807, 2.05) is 12.1 Å². The van der Waals surface area contributed by atoms with Gasteiger partial charge in [0.15, 0.2) is 0 Å². The third kappa shape index (κ3) is 4.07. The number of anilines is 2. The maximum absolute atomic E-state index is 11.1. The zero-order valence-corrected chi connectivity index (χ0v) is 11.8. The van der Waals surface area contributed by atoms with Gasteiger partial charge >= 0.3 is 0 Å². The number of carbonyl (C=O) groups excluding carboxylic acids is 1. The van der Waals surface area contributed by atoms with Gasteiger partial charge in [0.25, 0.3) is 0 Å². The SMILES string of the molecule is Cl.O=C(CCl)Nc1ccc(N2CCCCC2)cc1. The highest BCUT2D eigenvalue weighted by molar-refractivity contribution is 6.29. The third-order valence-electron chi connectivity index (χ3n) is 2.99.